The molecule has 0 unspecified atom stereocenters. The zero-order chi connectivity index (χ0) is 20.4. The Bertz CT molecular complexity index is 1340. The highest BCUT2D eigenvalue weighted by Crippen LogP contribution is 2.29. The first-order chi connectivity index (χ1) is 13.9. The molecule has 0 atom stereocenters. The molecule has 144 valence electrons. The van der Waals surface area contributed by atoms with Gasteiger partial charge in [0.15, 0.2) is 0 Å². The number of hydrogen-bond donors (Lipinski definition) is 2. The van der Waals surface area contributed by atoms with Crippen LogP contribution in [0.3, 0.4) is 0 Å². The summed E-state index contributed by atoms with van der Waals surface area (Å²) in [6.07, 6.45) is 1.68. The normalized spacial score (nSPS) is 11.2. The molecule has 0 amide bonds. The third kappa shape index (κ3) is 4.03. The van der Waals surface area contributed by atoms with E-state index in [9.17, 15) is 13.7 Å². The summed E-state index contributed by atoms with van der Waals surface area (Å²) in [5.41, 5.74) is 7.68. The quantitative estimate of drug-likeness (QED) is 0.526. The Labute approximate surface area is 167 Å². The van der Waals surface area contributed by atoms with Gasteiger partial charge in [0.25, 0.3) is 0 Å². The molecule has 0 saturated carbocycles. The SMILES string of the molecule is N#Cc1ccc(Nn2cnc3ccccc32)cc1-c1ccc(OS(N)(=O)=O)cc1. The minimum absolute atomic E-state index is 0.0916. The standard InChI is InChI=1S/C20H15N5O3S/c21-12-15-5-8-16(24-25-13-23-19-3-1-2-4-20(19)25)11-18(15)14-6-9-17(10-7-14)28-29(22,26)27/h1-11,13,24H,(H2,22,26,27). The van der Waals surface area contributed by atoms with Gasteiger partial charge in [-0.3, -0.25) is 5.43 Å². The number of nitriles is 1. The molecule has 0 aliphatic carbocycles. The Kier molecular flexibility index (Phi) is 4.64. The fourth-order valence-electron chi connectivity index (χ4n) is 2.96. The number of nitrogens with two attached hydrogens (primary N) is 1. The summed E-state index contributed by atoms with van der Waals surface area (Å²) in [6.45, 7) is 0. The predicted octanol–water partition coefficient (Wildman–Crippen LogP) is 3.03. The summed E-state index contributed by atoms with van der Waals surface area (Å²) in [7, 11) is -4.09. The van der Waals surface area contributed by atoms with Gasteiger partial charge in [-0.15, -0.1) is 0 Å². The summed E-state index contributed by atoms with van der Waals surface area (Å²) in [4.78, 5) is 4.34. The number of aromatic nitrogens is 2. The van der Waals surface area contributed by atoms with Crippen molar-refractivity contribution >= 4 is 27.0 Å². The Morgan fingerprint density at radius 3 is 2.55 bits per heavy atom. The lowest BCUT2D eigenvalue weighted by Crippen LogP contribution is -2.18. The van der Waals surface area contributed by atoms with Crippen molar-refractivity contribution in [2.45, 2.75) is 0 Å². The summed E-state index contributed by atoms with van der Waals surface area (Å²) in [6, 6.07) is 21.5. The molecule has 0 bridgehead atoms. The molecule has 29 heavy (non-hydrogen) atoms. The maximum atomic E-state index is 11.0. The fourth-order valence-corrected chi connectivity index (χ4v) is 3.34. The summed E-state index contributed by atoms with van der Waals surface area (Å²) in [5, 5.41) is 14.3. The van der Waals surface area contributed by atoms with E-state index < -0.39 is 10.3 Å². The number of para-hydroxylation sites is 2. The van der Waals surface area contributed by atoms with Crippen LogP contribution in [-0.4, -0.2) is 18.1 Å². The van der Waals surface area contributed by atoms with Crippen molar-refractivity contribution in [3.8, 4) is 22.9 Å². The van der Waals surface area contributed by atoms with E-state index in [4.69, 9.17) is 5.14 Å². The zero-order valence-corrected chi connectivity index (χ0v) is 15.8. The highest BCUT2D eigenvalue weighted by molar-refractivity contribution is 7.84. The molecule has 9 heteroatoms. The van der Waals surface area contributed by atoms with E-state index in [0.29, 0.717) is 11.1 Å². The minimum Gasteiger partial charge on any atom is -0.371 e. The van der Waals surface area contributed by atoms with E-state index >= 15 is 0 Å². The molecule has 0 aliphatic rings. The molecule has 0 saturated heterocycles. The van der Waals surface area contributed by atoms with Crippen LogP contribution in [0.15, 0.2) is 73.1 Å². The molecule has 4 rings (SSSR count). The second-order valence-corrected chi connectivity index (χ2v) is 7.34. The molecule has 1 aromatic heterocycles. The van der Waals surface area contributed by atoms with E-state index in [0.717, 1.165) is 22.3 Å². The third-order valence-electron chi connectivity index (χ3n) is 4.22. The number of nitrogens with one attached hydrogen (secondary N) is 1. The number of imidazole rings is 1. The number of rotatable bonds is 5. The Balaban J connectivity index is 1.68. The Morgan fingerprint density at radius 2 is 1.83 bits per heavy atom. The van der Waals surface area contributed by atoms with Crippen molar-refractivity contribution in [2.75, 3.05) is 5.43 Å². The average molecular weight is 405 g/mol. The lowest BCUT2D eigenvalue weighted by molar-refractivity contribution is 0.488. The van der Waals surface area contributed by atoms with Gasteiger partial charge in [-0.05, 0) is 48.0 Å². The van der Waals surface area contributed by atoms with Crippen LogP contribution < -0.4 is 14.7 Å². The number of benzene rings is 3. The molecule has 0 aliphatic heterocycles. The van der Waals surface area contributed by atoms with Gasteiger partial charge < -0.3 is 4.18 Å². The predicted molar refractivity (Wildman–Crippen MR) is 109 cm³/mol. The van der Waals surface area contributed by atoms with Crippen molar-refractivity contribution in [3.63, 3.8) is 0 Å². The van der Waals surface area contributed by atoms with Gasteiger partial charge in [0.1, 0.15) is 12.1 Å². The first-order valence-electron chi connectivity index (χ1n) is 8.49. The van der Waals surface area contributed by atoms with Crippen LogP contribution in [0.25, 0.3) is 22.2 Å². The van der Waals surface area contributed by atoms with Crippen LogP contribution in [0, 0.1) is 11.3 Å². The molecule has 8 nitrogen and oxygen atoms in total. The van der Waals surface area contributed by atoms with Gasteiger partial charge in [-0.1, -0.05) is 24.3 Å². The maximum absolute atomic E-state index is 11.0. The number of fused-ring (bicyclic) bond motifs is 1. The molecule has 3 aromatic carbocycles. The Morgan fingerprint density at radius 1 is 1.07 bits per heavy atom. The van der Waals surface area contributed by atoms with Crippen molar-refractivity contribution in [1.29, 1.82) is 5.26 Å². The molecule has 1 heterocycles. The lowest BCUT2D eigenvalue weighted by Gasteiger charge is -2.12. The van der Waals surface area contributed by atoms with Crippen molar-refractivity contribution < 1.29 is 12.6 Å². The monoisotopic (exact) mass is 405 g/mol. The van der Waals surface area contributed by atoms with Crippen LogP contribution in [0.1, 0.15) is 5.56 Å². The van der Waals surface area contributed by atoms with Gasteiger partial charge in [0.2, 0.25) is 0 Å². The Hall–Kier alpha value is -3.87. The van der Waals surface area contributed by atoms with Crippen molar-refractivity contribution in [1.82, 2.24) is 9.66 Å². The van der Waals surface area contributed by atoms with Gasteiger partial charge in [0.05, 0.1) is 28.4 Å². The maximum Gasteiger partial charge on any atom is 0.380 e. The number of anilines is 1. The van der Waals surface area contributed by atoms with E-state index in [-0.39, 0.29) is 5.75 Å². The molecule has 0 radical (unpaired) electrons. The van der Waals surface area contributed by atoms with E-state index in [1.165, 1.54) is 12.1 Å². The van der Waals surface area contributed by atoms with E-state index in [1.54, 1.807) is 35.3 Å². The zero-order valence-electron chi connectivity index (χ0n) is 15.0. The number of nitrogens with zero attached hydrogens (tertiary/aromatic N) is 3. The minimum atomic E-state index is -4.09. The molecule has 0 spiro atoms. The topological polar surface area (TPSA) is 123 Å². The smallest absolute Gasteiger partial charge is 0.371 e. The third-order valence-corrected chi connectivity index (χ3v) is 4.65. The van der Waals surface area contributed by atoms with Gasteiger partial charge in [-0.2, -0.15) is 18.8 Å². The molecule has 3 N–H and O–H groups in total. The first kappa shape index (κ1) is 18.5. The lowest BCUT2D eigenvalue weighted by atomic mass is 9.99. The largest absolute Gasteiger partial charge is 0.380 e. The van der Waals surface area contributed by atoms with Crippen LogP contribution in [0.2, 0.25) is 0 Å². The van der Waals surface area contributed by atoms with Crippen LogP contribution >= 0.6 is 0 Å². The van der Waals surface area contributed by atoms with Crippen LogP contribution in [-0.2, 0) is 10.3 Å². The molecule has 4 aromatic rings. The molecule has 0 fully saturated rings. The van der Waals surface area contributed by atoms with Gasteiger partial charge in [0, 0.05) is 5.56 Å². The molecular formula is C20H15N5O3S. The number of hydrogen-bond acceptors (Lipinski definition) is 6. The van der Waals surface area contributed by atoms with Crippen molar-refractivity contribution in [3.05, 3.63) is 78.6 Å². The second kappa shape index (κ2) is 7.27. The van der Waals surface area contributed by atoms with E-state index in [1.807, 2.05) is 30.3 Å². The van der Waals surface area contributed by atoms with Crippen molar-refractivity contribution in [2.24, 2.45) is 5.14 Å². The molecular weight excluding hydrogens is 390 g/mol. The summed E-state index contributed by atoms with van der Waals surface area (Å²) < 4.78 is 28.5. The van der Waals surface area contributed by atoms with Gasteiger partial charge >= 0.3 is 10.3 Å². The van der Waals surface area contributed by atoms with Crippen LogP contribution in [0.5, 0.6) is 5.75 Å². The average Bonchev–Trinajstić information content (AvgIpc) is 3.10. The summed E-state index contributed by atoms with van der Waals surface area (Å²) in [5.74, 6) is 0.0916. The summed E-state index contributed by atoms with van der Waals surface area (Å²) >= 11 is 0. The fraction of sp³-hybridized carbons (Fsp3) is 0. The highest BCUT2D eigenvalue weighted by atomic mass is 32.2. The second-order valence-electron chi connectivity index (χ2n) is 6.19. The van der Waals surface area contributed by atoms with Gasteiger partial charge in [-0.25, -0.2) is 9.66 Å². The first-order valence-corrected chi connectivity index (χ1v) is 9.96. The van der Waals surface area contributed by atoms with E-state index in [2.05, 4.69) is 20.7 Å². The highest BCUT2D eigenvalue weighted by Gasteiger charge is 2.10. The van der Waals surface area contributed by atoms with Crippen LogP contribution in [0.4, 0.5) is 5.69 Å².